The molecule has 0 radical (unpaired) electrons. The van der Waals surface area contributed by atoms with Gasteiger partial charge in [-0.1, -0.05) is 12.1 Å². The number of hydrogen-bond acceptors (Lipinski definition) is 2. The van der Waals surface area contributed by atoms with E-state index in [-0.39, 0.29) is 5.91 Å². The number of carbonyl (C=O) groups is 1. The molecule has 0 saturated carbocycles. The summed E-state index contributed by atoms with van der Waals surface area (Å²) < 4.78 is 37.5. The third-order valence-corrected chi connectivity index (χ3v) is 4.35. The van der Waals surface area contributed by atoms with Crippen LogP contribution in [0.1, 0.15) is 17.5 Å². The van der Waals surface area contributed by atoms with Crippen molar-refractivity contribution in [2.24, 2.45) is 11.8 Å². The lowest BCUT2D eigenvalue weighted by Crippen LogP contribution is -2.39. The Balaban J connectivity index is 1.61. The molecule has 0 aromatic heterocycles. The molecule has 0 bridgehead atoms. The summed E-state index contributed by atoms with van der Waals surface area (Å²) in [6.45, 7) is 3.09. The number of nitrogens with zero attached hydrogens (tertiary/aromatic N) is 1. The van der Waals surface area contributed by atoms with Gasteiger partial charge in [-0.3, -0.25) is 9.69 Å². The highest BCUT2D eigenvalue weighted by atomic mass is 19.4. The van der Waals surface area contributed by atoms with Crippen LogP contribution in [-0.4, -0.2) is 30.4 Å². The molecule has 3 rings (SSSR count). The van der Waals surface area contributed by atoms with E-state index in [1.165, 1.54) is 12.1 Å². The Bertz CT molecular complexity index is 527. The molecule has 114 valence electrons. The first-order valence-electron chi connectivity index (χ1n) is 7.07. The van der Waals surface area contributed by atoms with E-state index in [1.54, 1.807) is 0 Å². The van der Waals surface area contributed by atoms with E-state index < -0.39 is 11.7 Å². The molecular formula is C15H17F3N2O. The summed E-state index contributed by atoms with van der Waals surface area (Å²) in [5.41, 5.74) is 0.261. The minimum absolute atomic E-state index is 0.104. The van der Waals surface area contributed by atoms with E-state index >= 15 is 0 Å². The molecule has 0 spiro atoms. The van der Waals surface area contributed by atoms with Gasteiger partial charge in [0.2, 0.25) is 5.91 Å². The summed E-state index contributed by atoms with van der Waals surface area (Å²) in [6.07, 6.45) is -3.72. The molecular weight excluding hydrogens is 281 g/mol. The van der Waals surface area contributed by atoms with Gasteiger partial charge in [0.15, 0.2) is 0 Å². The van der Waals surface area contributed by atoms with Crippen LogP contribution in [0.4, 0.5) is 13.2 Å². The monoisotopic (exact) mass is 298 g/mol. The Morgan fingerprint density at radius 3 is 2.48 bits per heavy atom. The zero-order valence-electron chi connectivity index (χ0n) is 11.5. The normalized spacial score (nSPS) is 26.5. The summed E-state index contributed by atoms with van der Waals surface area (Å²) in [6, 6.07) is 5.33. The highest BCUT2D eigenvalue weighted by molar-refractivity contribution is 5.77. The largest absolute Gasteiger partial charge is 0.416 e. The third kappa shape index (κ3) is 3.20. The van der Waals surface area contributed by atoms with E-state index in [0.717, 1.165) is 30.8 Å². The molecule has 6 heteroatoms. The number of fused-ring (bicyclic) bond motifs is 1. The Hall–Kier alpha value is -1.56. The van der Waals surface area contributed by atoms with E-state index in [4.69, 9.17) is 0 Å². The van der Waals surface area contributed by atoms with Crippen molar-refractivity contribution in [2.45, 2.75) is 19.1 Å². The first kappa shape index (κ1) is 14.4. The number of hydrogen-bond donors (Lipinski definition) is 1. The van der Waals surface area contributed by atoms with Crippen molar-refractivity contribution in [2.75, 3.05) is 19.6 Å². The van der Waals surface area contributed by atoms with Crippen LogP contribution in [0.15, 0.2) is 24.3 Å². The van der Waals surface area contributed by atoms with E-state index in [2.05, 4.69) is 10.2 Å². The van der Waals surface area contributed by atoms with Crippen molar-refractivity contribution in [1.82, 2.24) is 10.2 Å². The first-order valence-corrected chi connectivity index (χ1v) is 7.07. The van der Waals surface area contributed by atoms with Crippen LogP contribution < -0.4 is 5.32 Å². The summed E-state index contributed by atoms with van der Waals surface area (Å²) in [7, 11) is 0. The molecule has 1 amide bonds. The number of nitrogens with one attached hydrogen (secondary N) is 1. The van der Waals surface area contributed by atoms with E-state index in [1.807, 2.05) is 0 Å². The van der Waals surface area contributed by atoms with Crippen molar-refractivity contribution in [3.05, 3.63) is 35.4 Å². The minimum Gasteiger partial charge on any atom is -0.356 e. The molecule has 2 heterocycles. The smallest absolute Gasteiger partial charge is 0.356 e. The number of likely N-dealkylation sites (tertiary alicyclic amines) is 1. The highest BCUT2D eigenvalue weighted by Crippen LogP contribution is 2.31. The standard InChI is InChI=1S/C15H17F3N2O/c16-15(17,18)13-3-1-10(2-4-13)7-20-8-11-5-14(21)19-6-12(11)9-20/h1-4,11-12H,5-9H2,(H,19,21)/t11-,12+/m0/s1. The van der Waals surface area contributed by atoms with Crippen LogP contribution in [0.5, 0.6) is 0 Å². The van der Waals surface area contributed by atoms with Crippen LogP contribution in [0.3, 0.4) is 0 Å². The summed E-state index contributed by atoms with van der Waals surface area (Å²) in [5, 5.41) is 2.87. The number of carbonyl (C=O) groups excluding carboxylic acids is 1. The van der Waals surface area contributed by atoms with Crippen molar-refractivity contribution >= 4 is 5.91 Å². The molecule has 21 heavy (non-hydrogen) atoms. The molecule has 2 aliphatic heterocycles. The fourth-order valence-corrected chi connectivity index (χ4v) is 3.24. The molecule has 1 aromatic rings. The summed E-state index contributed by atoms with van der Waals surface area (Å²) in [4.78, 5) is 13.6. The van der Waals surface area contributed by atoms with Gasteiger partial charge >= 0.3 is 6.18 Å². The van der Waals surface area contributed by atoms with Crippen molar-refractivity contribution in [3.8, 4) is 0 Å². The zero-order valence-corrected chi connectivity index (χ0v) is 11.5. The number of halogens is 3. The number of amides is 1. The maximum atomic E-state index is 12.5. The molecule has 0 unspecified atom stereocenters. The number of alkyl halides is 3. The van der Waals surface area contributed by atoms with Crippen molar-refractivity contribution < 1.29 is 18.0 Å². The number of rotatable bonds is 2. The van der Waals surface area contributed by atoms with Gasteiger partial charge in [0.25, 0.3) is 0 Å². The van der Waals surface area contributed by atoms with Gasteiger partial charge in [0.1, 0.15) is 0 Å². The lowest BCUT2D eigenvalue weighted by molar-refractivity contribution is -0.137. The van der Waals surface area contributed by atoms with Crippen LogP contribution in [0, 0.1) is 11.8 Å². The fraction of sp³-hybridized carbons (Fsp3) is 0.533. The topological polar surface area (TPSA) is 32.3 Å². The maximum absolute atomic E-state index is 12.5. The Labute approximate surface area is 121 Å². The highest BCUT2D eigenvalue weighted by Gasteiger charge is 2.37. The van der Waals surface area contributed by atoms with Crippen LogP contribution in [-0.2, 0) is 17.5 Å². The van der Waals surface area contributed by atoms with Gasteiger partial charge in [-0.15, -0.1) is 0 Å². The first-order chi connectivity index (χ1) is 9.91. The van der Waals surface area contributed by atoms with Gasteiger partial charge < -0.3 is 5.32 Å². The maximum Gasteiger partial charge on any atom is 0.416 e. The fourth-order valence-electron chi connectivity index (χ4n) is 3.24. The second-order valence-electron chi connectivity index (χ2n) is 5.92. The van der Waals surface area contributed by atoms with Gasteiger partial charge in [-0.25, -0.2) is 0 Å². The van der Waals surface area contributed by atoms with Crippen molar-refractivity contribution in [3.63, 3.8) is 0 Å². The summed E-state index contributed by atoms with van der Waals surface area (Å²) in [5.74, 6) is 0.956. The van der Waals surface area contributed by atoms with Crippen LogP contribution in [0.25, 0.3) is 0 Å². The SMILES string of the molecule is O=C1C[C@H]2CN(Cc3ccc(C(F)(F)F)cc3)C[C@H]2CN1. The molecule has 1 N–H and O–H groups in total. The Morgan fingerprint density at radius 2 is 1.81 bits per heavy atom. The molecule has 0 aliphatic carbocycles. The zero-order chi connectivity index (χ0) is 15.0. The lowest BCUT2D eigenvalue weighted by Gasteiger charge is -2.23. The van der Waals surface area contributed by atoms with Crippen molar-refractivity contribution in [1.29, 1.82) is 0 Å². The Kier molecular flexibility index (Phi) is 3.65. The molecule has 2 aliphatic rings. The van der Waals surface area contributed by atoms with Gasteiger partial charge in [-0.05, 0) is 29.5 Å². The molecule has 1 aromatic carbocycles. The lowest BCUT2D eigenvalue weighted by atomic mass is 9.89. The number of benzene rings is 1. The van der Waals surface area contributed by atoms with Crippen LogP contribution in [0.2, 0.25) is 0 Å². The second-order valence-corrected chi connectivity index (χ2v) is 5.92. The molecule has 2 fully saturated rings. The predicted molar refractivity (Wildman–Crippen MR) is 71.3 cm³/mol. The van der Waals surface area contributed by atoms with E-state index in [9.17, 15) is 18.0 Å². The average Bonchev–Trinajstić information content (AvgIpc) is 2.79. The van der Waals surface area contributed by atoms with Gasteiger partial charge in [0.05, 0.1) is 5.56 Å². The van der Waals surface area contributed by atoms with Gasteiger partial charge in [0, 0.05) is 32.6 Å². The quantitative estimate of drug-likeness (QED) is 0.908. The number of piperidine rings is 1. The van der Waals surface area contributed by atoms with Gasteiger partial charge in [-0.2, -0.15) is 13.2 Å². The van der Waals surface area contributed by atoms with Crippen LogP contribution >= 0.6 is 0 Å². The second kappa shape index (κ2) is 5.33. The third-order valence-electron chi connectivity index (χ3n) is 4.35. The average molecular weight is 298 g/mol. The molecule has 2 atom stereocenters. The van der Waals surface area contributed by atoms with E-state index in [0.29, 0.717) is 31.3 Å². The molecule has 3 nitrogen and oxygen atoms in total. The predicted octanol–water partition coefficient (Wildman–Crippen LogP) is 2.27. The Morgan fingerprint density at radius 1 is 1.14 bits per heavy atom. The minimum atomic E-state index is -4.28. The summed E-state index contributed by atoms with van der Waals surface area (Å²) >= 11 is 0. The molecule has 2 saturated heterocycles.